The van der Waals surface area contributed by atoms with E-state index < -0.39 is 0 Å². The first-order chi connectivity index (χ1) is 13.7. The molecule has 0 spiro atoms. The van der Waals surface area contributed by atoms with E-state index in [1.165, 1.54) is 5.56 Å². The van der Waals surface area contributed by atoms with Crippen LogP contribution in [0.1, 0.15) is 37.3 Å². The molecule has 0 aromatic heterocycles. The highest BCUT2D eigenvalue weighted by Gasteiger charge is 2.26. The van der Waals surface area contributed by atoms with E-state index in [-0.39, 0.29) is 5.91 Å². The van der Waals surface area contributed by atoms with E-state index in [2.05, 4.69) is 24.3 Å². The summed E-state index contributed by atoms with van der Waals surface area (Å²) in [5, 5.41) is 0. The van der Waals surface area contributed by atoms with Gasteiger partial charge in [-0.15, -0.1) is 0 Å². The number of amides is 1. The molecule has 1 aliphatic heterocycles. The van der Waals surface area contributed by atoms with Crippen LogP contribution in [0.25, 0.3) is 6.08 Å². The van der Waals surface area contributed by atoms with Crippen molar-refractivity contribution in [2.75, 3.05) is 20.3 Å². The molecular weight excluding hydrogens is 350 g/mol. The van der Waals surface area contributed by atoms with Crippen LogP contribution in [0.3, 0.4) is 0 Å². The lowest BCUT2D eigenvalue weighted by Gasteiger charge is -2.23. The lowest BCUT2D eigenvalue weighted by molar-refractivity contribution is -0.126. The maximum atomic E-state index is 12.7. The van der Waals surface area contributed by atoms with Crippen LogP contribution in [0.4, 0.5) is 0 Å². The fourth-order valence-corrected chi connectivity index (χ4v) is 3.73. The predicted molar refractivity (Wildman–Crippen MR) is 113 cm³/mol. The van der Waals surface area contributed by atoms with Gasteiger partial charge in [-0.1, -0.05) is 36.4 Å². The number of benzene rings is 2. The molecule has 3 rings (SSSR count). The molecule has 4 heteroatoms. The Labute approximate surface area is 167 Å². The number of ether oxygens (including phenoxy) is 2. The van der Waals surface area contributed by atoms with Gasteiger partial charge < -0.3 is 14.4 Å². The summed E-state index contributed by atoms with van der Waals surface area (Å²) in [6.45, 7) is 3.37. The van der Waals surface area contributed by atoms with E-state index in [0.717, 1.165) is 37.8 Å². The van der Waals surface area contributed by atoms with Crippen molar-refractivity contribution < 1.29 is 14.3 Å². The number of likely N-dealkylation sites (tertiary alicyclic amines) is 1. The quantitative estimate of drug-likeness (QED) is 0.623. The van der Waals surface area contributed by atoms with Crippen LogP contribution in [-0.4, -0.2) is 37.1 Å². The number of hydrogen-bond acceptors (Lipinski definition) is 3. The van der Waals surface area contributed by atoms with Crippen LogP contribution in [0.5, 0.6) is 11.5 Å². The van der Waals surface area contributed by atoms with Crippen LogP contribution >= 0.6 is 0 Å². The molecular formula is C24H29NO3. The molecule has 148 valence electrons. The second kappa shape index (κ2) is 9.98. The van der Waals surface area contributed by atoms with Crippen LogP contribution < -0.4 is 9.47 Å². The predicted octanol–water partition coefficient (Wildman–Crippen LogP) is 4.73. The average molecular weight is 380 g/mol. The molecule has 4 nitrogen and oxygen atoms in total. The molecule has 1 saturated heterocycles. The SMILES string of the molecule is CCOc1ccc(/C=C/C(=O)N2CCCC2CCc2ccccc2)cc1OC. The Kier molecular flexibility index (Phi) is 7.12. The van der Waals surface area contributed by atoms with E-state index >= 15 is 0 Å². The first-order valence-corrected chi connectivity index (χ1v) is 10.0. The topological polar surface area (TPSA) is 38.8 Å². The lowest BCUT2D eigenvalue weighted by Crippen LogP contribution is -2.34. The molecule has 1 atom stereocenters. The molecule has 1 heterocycles. The summed E-state index contributed by atoms with van der Waals surface area (Å²) in [6.07, 6.45) is 7.72. The Morgan fingerprint density at radius 3 is 2.75 bits per heavy atom. The number of hydrogen-bond donors (Lipinski definition) is 0. The highest BCUT2D eigenvalue weighted by molar-refractivity contribution is 5.92. The molecule has 28 heavy (non-hydrogen) atoms. The molecule has 0 saturated carbocycles. The van der Waals surface area contributed by atoms with Gasteiger partial charge in [0.25, 0.3) is 0 Å². The number of rotatable bonds is 8. The number of methoxy groups -OCH3 is 1. The van der Waals surface area contributed by atoms with Crippen LogP contribution in [0.2, 0.25) is 0 Å². The van der Waals surface area contributed by atoms with Gasteiger partial charge in [0, 0.05) is 18.7 Å². The Morgan fingerprint density at radius 1 is 1.18 bits per heavy atom. The first kappa shape index (κ1) is 20.0. The van der Waals surface area contributed by atoms with Crippen molar-refractivity contribution in [2.45, 2.75) is 38.6 Å². The highest BCUT2D eigenvalue weighted by atomic mass is 16.5. The van der Waals surface area contributed by atoms with Crippen molar-refractivity contribution in [1.82, 2.24) is 4.90 Å². The molecule has 2 aromatic carbocycles. The van der Waals surface area contributed by atoms with Crippen molar-refractivity contribution in [1.29, 1.82) is 0 Å². The van der Waals surface area contributed by atoms with Gasteiger partial charge in [-0.2, -0.15) is 0 Å². The van der Waals surface area contributed by atoms with Gasteiger partial charge in [-0.25, -0.2) is 0 Å². The smallest absolute Gasteiger partial charge is 0.246 e. The van der Waals surface area contributed by atoms with E-state index in [4.69, 9.17) is 9.47 Å². The molecule has 0 radical (unpaired) electrons. The van der Waals surface area contributed by atoms with E-state index in [1.54, 1.807) is 13.2 Å². The monoisotopic (exact) mass is 379 g/mol. The minimum absolute atomic E-state index is 0.0865. The fourth-order valence-electron chi connectivity index (χ4n) is 3.73. The molecule has 1 unspecified atom stereocenters. The molecule has 0 N–H and O–H groups in total. The second-order valence-electron chi connectivity index (χ2n) is 7.03. The zero-order valence-electron chi connectivity index (χ0n) is 16.8. The number of carbonyl (C=O) groups excluding carboxylic acids is 1. The van der Waals surface area contributed by atoms with Gasteiger partial charge in [0.15, 0.2) is 11.5 Å². The summed E-state index contributed by atoms with van der Waals surface area (Å²) in [4.78, 5) is 14.8. The Morgan fingerprint density at radius 2 is 2.00 bits per heavy atom. The lowest BCUT2D eigenvalue weighted by atomic mass is 10.0. The normalized spacial score (nSPS) is 16.5. The Balaban J connectivity index is 1.61. The van der Waals surface area contributed by atoms with Gasteiger partial charge >= 0.3 is 0 Å². The van der Waals surface area contributed by atoms with E-state index in [0.29, 0.717) is 24.1 Å². The van der Waals surface area contributed by atoms with Gasteiger partial charge in [0.2, 0.25) is 5.91 Å². The van der Waals surface area contributed by atoms with Crippen molar-refractivity contribution in [3.05, 3.63) is 65.7 Å². The molecule has 1 amide bonds. The van der Waals surface area contributed by atoms with Gasteiger partial charge in [0.05, 0.1) is 13.7 Å². The third-order valence-corrected chi connectivity index (χ3v) is 5.18. The van der Waals surface area contributed by atoms with Crippen molar-refractivity contribution in [2.24, 2.45) is 0 Å². The minimum atomic E-state index is 0.0865. The first-order valence-electron chi connectivity index (χ1n) is 10.0. The summed E-state index contributed by atoms with van der Waals surface area (Å²) >= 11 is 0. The third-order valence-electron chi connectivity index (χ3n) is 5.18. The fraction of sp³-hybridized carbons (Fsp3) is 0.375. The van der Waals surface area contributed by atoms with Crippen molar-refractivity contribution >= 4 is 12.0 Å². The molecule has 1 fully saturated rings. The number of carbonyl (C=O) groups is 1. The van der Waals surface area contributed by atoms with Gasteiger partial charge in [-0.05, 0) is 61.9 Å². The van der Waals surface area contributed by atoms with Crippen LogP contribution in [-0.2, 0) is 11.2 Å². The summed E-state index contributed by atoms with van der Waals surface area (Å²) < 4.78 is 10.9. The van der Waals surface area contributed by atoms with Crippen molar-refractivity contribution in [3.63, 3.8) is 0 Å². The summed E-state index contributed by atoms with van der Waals surface area (Å²) in [6, 6.07) is 16.5. The third kappa shape index (κ3) is 5.16. The maximum Gasteiger partial charge on any atom is 0.246 e. The molecule has 0 bridgehead atoms. The van der Waals surface area contributed by atoms with Gasteiger partial charge in [-0.3, -0.25) is 4.79 Å². The van der Waals surface area contributed by atoms with E-state index in [9.17, 15) is 4.79 Å². The maximum absolute atomic E-state index is 12.7. The van der Waals surface area contributed by atoms with E-state index in [1.807, 2.05) is 42.2 Å². The highest BCUT2D eigenvalue weighted by Crippen LogP contribution is 2.29. The number of aryl methyl sites for hydroxylation is 1. The zero-order valence-corrected chi connectivity index (χ0v) is 16.8. The molecule has 0 aliphatic carbocycles. The Hall–Kier alpha value is -2.75. The zero-order chi connectivity index (χ0) is 19.8. The van der Waals surface area contributed by atoms with Crippen LogP contribution in [0.15, 0.2) is 54.6 Å². The minimum Gasteiger partial charge on any atom is -0.493 e. The number of nitrogens with zero attached hydrogens (tertiary/aromatic N) is 1. The molecule has 2 aromatic rings. The second-order valence-corrected chi connectivity index (χ2v) is 7.03. The Bertz CT molecular complexity index is 801. The molecule has 1 aliphatic rings. The summed E-state index contributed by atoms with van der Waals surface area (Å²) in [5.74, 6) is 1.48. The summed E-state index contributed by atoms with van der Waals surface area (Å²) in [7, 11) is 1.62. The van der Waals surface area contributed by atoms with Crippen molar-refractivity contribution in [3.8, 4) is 11.5 Å². The largest absolute Gasteiger partial charge is 0.493 e. The summed E-state index contributed by atoms with van der Waals surface area (Å²) in [5.41, 5.74) is 2.26. The van der Waals surface area contributed by atoms with Gasteiger partial charge in [0.1, 0.15) is 0 Å². The van der Waals surface area contributed by atoms with Crippen LogP contribution in [0, 0.1) is 0 Å². The average Bonchev–Trinajstić information content (AvgIpc) is 3.21. The standard InChI is InChI=1S/C24H29NO3/c1-3-28-22-15-12-20(18-23(22)27-2)13-16-24(26)25-17-7-10-21(25)14-11-19-8-5-4-6-9-19/h4-6,8-9,12-13,15-16,18,21H,3,7,10-11,14,17H2,1-2H3/b16-13+.